The highest BCUT2D eigenvalue weighted by atomic mass is 35.5. The molecule has 0 fully saturated rings. The quantitative estimate of drug-likeness (QED) is 0.732. The van der Waals surface area contributed by atoms with Gasteiger partial charge in [-0.2, -0.15) is 0 Å². The summed E-state index contributed by atoms with van der Waals surface area (Å²) in [4.78, 5) is 2.10. The Bertz CT molecular complexity index is 604. The van der Waals surface area contributed by atoms with Crippen molar-refractivity contribution in [1.29, 1.82) is 0 Å². The molecule has 3 rings (SSSR count). The standard InChI is InChI=1S/C15H12ClNO/c1-11-10-17(13-8-6-12(16)7-9-13)14-4-2-3-5-15(14)18-11/h2-10H,1H3. The third-order valence-corrected chi connectivity index (χ3v) is 3.06. The number of para-hydroxylation sites is 2. The van der Waals surface area contributed by atoms with E-state index < -0.39 is 0 Å². The van der Waals surface area contributed by atoms with E-state index in [1.165, 1.54) is 0 Å². The van der Waals surface area contributed by atoms with E-state index in [0.29, 0.717) is 0 Å². The summed E-state index contributed by atoms with van der Waals surface area (Å²) in [6, 6.07) is 15.7. The van der Waals surface area contributed by atoms with Crippen molar-refractivity contribution >= 4 is 23.0 Å². The molecule has 0 saturated heterocycles. The maximum atomic E-state index is 5.92. The molecule has 2 nitrogen and oxygen atoms in total. The van der Waals surface area contributed by atoms with Gasteiger partial charge in [0.1, 0.15) is 5.76 Å². The summed E-state index contributed by atoms with van der Waals surface area (Å²) in [6.07, 6.45) is 1.98. The molecule has 0 aliphatic carbocycles. The first-order valence-corrected chi connectivity index (χ1v) is 6.12. The van der Waals surface area contributed by atoms with Crippen LogP contribution in [-0.4, -0.2) is 0 Å². The van der Waals surface area contributed by atoms with Gasteiger partial charge < -0.3 is 9.64 Å². The Balaban J connectivity index is 2.10. The highest BCUT2D eigenvalue weighted by molar-refractivity contribution is 6.30. The molecule has 1 aliphatic rings. The van der Waals surface area contributed by atoms with Crippen LogP contribution in [0.5, 0.6) is 5.75 Å². The van der Waals surface area contributed by atoms with Crippen molar-refractivity contribution in [1.82, 2.24) is 0 Å². The molecule has 0 aromatic heterocycles. The van der Waals surface area contributed by atoms with Gasteiger partial charge in [0.15, 0.2) is 5.75 Å². The normalized spacial score (nSPS) is 13.7. The van der Waals surface area contributed by atoms with E-state index >= 15 is 0 Å². The number of anilines is 2. The van der Waals surface area contributed by atoms with Gasteiger partial charge in [0, 0.05) is 16.9 Å². The number of halogens is 1. The number of hydrogen-bond donors (Lipinski definition) is 0. The molecule has 3 heteroatoms. The Morgan fingerprint density at radius 1 is 1.00 bits per heavy atom. The molecule has 90 valence electrons. The van der Waals surface area contributed by atoms with Gasteiger partial charge in [-0.15, -0.1) is 0 Å². The highest BCUT2D eigenvalue weighted by Crippen LogP contribution is 2.38. The number of nitrogens with zero attached hydrogens (tertiary/aromatic N) is 1. The minimum Gasteiger partial charge on any atom is -0.458 e. The van der Waals surface area contributed by atoms with Gasteiger partial charge in [-0.3, -0.25) is 0 Å². The lowest BCUT2D eigenvalue weighted by Crippen LogP contribution is -2.16. The minimum atomic E-state index is 0.737. The highest BCUT2D eigenvalue weighted by Gasteiger charge is 2.17. The first-order valence-electron chi connectivity index (χ1n) is 5.74. The lowest BCUT2D eigenvalue weighted by Gasteiger charge is -2.28. The average Bonchev–Trinajstić information content (AvgIpc) is 2.38. The summed E-state index contributed by atoms with van der Waals surface area (Å²) >= 11 is 5.92. The number of ether oxygens (including phenoxy) is 1. The fourth-order valence-corrected chi connectivity index (χ4v) is 2.13. The third kappa shape index (κ3) is 1.95. The summed E-state index contributed by atoms with van der Waals surface area (Å²) < 4.78 is 5.70. The van der Waals surface area contributed by atoms with Crippen LogP contribution in [-0.2, 0) is 0 Å². The molecule has 0 bridgehead atoms. The van der Waals surface area contributed by atoms with Crippen LogP contribution in [0.3, 0.4) is 0 Å². The number of fused-ring (bicyclic) bond motifs is 1. The van der Waals surface area contributed by atoms with Crippen molar-refractivity contribution in [3.63, 3.8) is 0 Å². The zero-order valence-corrected chi connectivity index (χ0v) is 10.7. The van der Waals surface area contributed by atoms with Gasteiger partial charge in [-0.05, 0) is 43.3 Å². The molecule has 18 heavy (non-hydrogen) atoms. The number of benzene rings is 2. The van der Waals surface area contributed by atoms with E-state index in [4.69, 9.17) is 16.3 Å². The molecule has 2 aromatic rings. The SMILES string of the molecule is CC1=CN(c2ccc(Cl)cc2)c2ccccc2O1. The predicted octanol–water partition coefficient (Wildman–Crippen LogP) is 4.73. The molecule has 0 amide bonds. The molecule has 0 saturated carbocycles. The summed E-state index contributed by atoms with van der Waals surface area (Å²) in [7, 11) is 0. The maximum absolute atomic E-state index is 5.92. The molecule has 0 unspecified atom stereocenters. The zero-order chi connectivity index (χ0) is 12.5. The Kier molecular flexibility index (Phi) is 2.73. The van der Waals surface area contributed by atoms with Crippen LogP contribution in [0.15, 0.2) is 60.5 Å². The molecule has 1 heterocycles. The molecular weight excluding hydrogens is 246 g/mol. The topological polar surface area (TPSA) is 12.5 Å². The smallest absolute Gasteiger partial charge is 0.150 e. The molecular formula is C15H12ClNO. The monoisotopic (exact) mass is 257 g/mol. The molecule has 0 N–H and O–H groups in total. The Morgan fingerprint density at radius 3 is 2.50 bits per heavy atom. The average molecular weight is 258 g/mol. The van der Waals surface area contributed by atoms with E-state index in [1.54, 1.807) is 0 Å². The molecule has 1 aliphatic heterocycles. The van der Waals surface area contributed by atoms with Crippen molar-refractivity contribution in [2.24, 2.45) is 0 Å². The second-order valence-corrected chi connectivity index (χ2v) is 4.59. The summed E-state index contributed by atoms with van der Waals surface area (Å²) in [5.41, 5.74) is 2.10. The van der Waals surface area contributed by atoms with E-state index in [0.717, 1.165) is 27.9 Å². The van der Waals surface area contributed by atoms with Crippen molar-refractivity contribution in [3.05, 3.63) is 65.5 Å². The second kappa shape index (κ2) is 4.39. The lowest BCUT2D eigenvalue weighted by molar-refractivity contribution is 0.419. The van der Waals surface area contributed by atoms with Crippen LogP contribution in [0.25, 0.3) is 0 Å². The largest absolute Gasteiger partial charge is 0.458 e. The van der Waals surface area contributed by atoms with Crippen molar-refractivity contribution in [2.75, 3.05) is 4.90 Å². The van der Waals surface area contributed by atoms with Crippen LogP contribution in [0.4, 0.5) is 11.4 Å². The Hall–Kier alpha value is -1.93. The van der Waals surface area contributed by atoms with Crippen molar-refractivity contribution < 1.29 is 4.74 Å². The van der Waals surface area contributed by atoms with Gasteiger partial charge in [-0.25, -0.2) is 0 Å². The Morgan fingerprint density at radius 2 is 1.72 bits per heavy atom. The van der Waals surface area contributed by atoms with E-state index in [9.17, 15) is 0 Å². The Labute approximate surface area is 111 Å². The first-order chi connectivity index (χ1) is 8.74. The molecule has 2 aromatic carbocycles. The van der Waals surface area contributed by atoms with E-state index in [1.807, 2.05) is 61.7 Å². The van der Waals surface area contributed by atoms with E-state index in [2.05, 4.69) is 4.90 Å². The predicted molar refractivity (Wildman–Crippen MR) is 74.4 cm³/mol. The third-order valence-electron chi connectivity index (χ3n) is 2.81. The van der Waals surface area contributed by atoms with Gasteiger partial charge in [0.2, 0.25) is 0 Å². The number of allylic oxidation sites excluding steroid dienone is 1. The fraction of sp³-hybridized carbons (Fsp3) is 0.0667. The van der Waals surface area contributed by atoms with Crippen LogP contribution in [0, 0.1) is 0 Å². The van der Waals surface area contributed by atoms with Crippen LogP contribution in [0.2, 0.25) is 5.02 Å². The van der Waals surface area contributed by atoms with Crippen LogP contribution < -0.4 is 9.64 Å². The van der Waals surface area contributed by atoms with Gasteiger partial charge >= 0.3 is 0 Å². The maximum Gasteiger partial charge on any atom is 0.150 e. The van der Waals surface area contributed by atoms with Crippen LogP contribution >= 0.6 is 11.6 Å². The first kappa shape index (κ1) is 11.2. The molecule has 0 radical (unpaired) electrons. The zero-order valence-electron chi connectivity index (χ0n) is 9.93. The van der Waals surface area contributed by atoms with E-state index in [-0.39, 0.29) is 0 Å². The number of rotatable bonds is 1. The molecule has 0 atom stereocenters. The van der Waals surface area contributed by atoms with Gasteiger partial charge in [0.05, 0.1) is 5.69 Å². The van der Waals surface area contributed by atoms with Gasteiger partial charge in [-0.1, -0.05) is 23.7 Å². The molecule has 0 spiro atoms. The summed E-state index contributed by atoms with van der Waals surface area (Å²) in [6.45, 7) is 1.94. The second-order valence-electron chi connectivity index (χ2n) is 4.16. The summed E-state index contributed by atoms with van der Waals surface area (Å²) in [5, 5.41) is 0.737. The van der Waals surface area contributed by atoms with Crippen molar-refractivity contribution in [3.8, 4) is 5.75 Å². The fourth-order valence-electron chi connectivity index (χ4n) is 2.01. The van der Waals surface area contributed by atoms with Gasteiger partial charge in [0.25, 0.3) is 0 Å². The number of hydrogen-bond acceptors (Lipinski definition) is 2. The minimum absolute atomic E-state index is 0.737. The van der Waals surface area contributed by atoms with Crippen LogP contribution in [0.1, 0.15) is 6.92 Å². The lowest BCUT2D eigenvalue weighted by atomic mass is 10.2. The van der Waals surface area contributed by atoms with Crippen molar-refractivity contribution in [2.45, 2.75) is 6.92 Å². The summed E-state index contributed by atoms with van der Waals surface area (Å²) in [5.74, 6) is 1.73.